The van der Waals surface area contributed by atoms with Gasteiger partial charge in [-0.3, -0.25) is 0 Å². The van der Waals surface area contributed by atoms with Gasteiger partial charge in [-0.15, -0.1) is 0 Å². The summed E-state index contributed by atoms with van der Waals surface area (Å²) in [6, 6.07) is 0. The van der Waals surface area contributed by atoms with Crippen LogP contribution in [0.4, 0.5) is 0 Å². The average molecular weight is 369 g/mol. The van der Waals surface area contributed by atoms with Crippen LogP contribution in [-0.4, -0.2) is 44.6 Å². The van der Waals surface area contributed by atoms with E-state index in [9.17, 15) is 0 Å². The first-order valence-corrected chi connectivity index (χ1v) is 12.6. The number of hydrogen-bond acceptors (Lipinski definition) is 1. The molecule has 10 heavy (non-hydrogen) atoms. The van der Waals surface area contributed by atoms with Gasteiger partial charge in [0.2, 0.25) is 0 Å². The summed E-state index contributed by atoms with van der Waals surface area (Å²) >= 11 is 1.06. The number of nitrogens with zero attached hydrogens (tertiary/aromatic N) is 1. The molecule has 0 rings (SSSR count). The average Bonchev–Trinajstić information content (AvgIpc) is 1.59. The van der Waals surface area contributed by atoms with Crippen molar-refractivity contribution in [3.05, 3.63) is 0 Å². The Morgan fingerprint density at radius 3 is 1.00 bits per heavy atom. The van der Waals surface area contributed by atoms with Gasteiger partial charge in [0.1, 0.15) is 0 Å². The molecule has 4 heteroatoms. The second-order valence-electron chi connectivity index (χ2n) is 4.71. The molecule has 0 aliphatic heterocycles. The molecule has 0 fully saturated rings. The molecule has 0 bridgehead atoms. The van der Waals surface area contributed by atoms with Crippen molar-refractivity contribution in [1.82, 2.24) is 2.04 Å². The van der Waals surface area contributed by atoms with E-state index in [4.69, 9.17) is 0 Å². The third kappa shape index (κ3) is 3.63. The maximum absolute atomic E-state index is 2.82. The maximum atomic E-state index is 2.82. The van der Waals surface area contributed by atoms with Crippen LogP contribution in [0.25, 0.3) is 0 Å². The van der Waals surface area contributed by atoms with Crippen LogP contribution in [0.5, 0.6) is 0 Å². The molecule has 1 nitrogen and oxygen atoms in total. The molecule has 0 aromatic heterocycles. The Balaban J connectivity index is 4.23. The monoisotopic (exact) mass is 369 g/mol. The summed E-state index contributed by atoms with van der Waals surface area (Å²) in [6.07, 6.45) is 0. The van der Waals surface area contributed by atoms with Crippen LogP contribution in [-0.2, 0) is 0 Å². The van der Waals surface area contributed by atoms with Gasteiger partial charge in [0.25, 0.3) is 0 Å². The van der Waals surface area contributed by atoms with E-state index in [0.29, 0.717) is 0 Å². The van der Waals surface area contributed by atoms with E-state index >= 15 is 0 Å². The van der Waals surface area contributed by atoms with Gasteiger partial charge in [-0.05, 0) is 0 Å². The molecule has 0 aromatic rings. The van der Waals surface area contributed by atoms with E-state index in [0.717, 1.165) is 26.1 Å². The Hall–Kier alpha value is 1.32. The van der Waals surface area contributed by atoms with Gasteiger partial charge in [0.15, 0.2) is 0 Å². The Labute approximate surface area is 83.5 Å². The van der Waals surface area contributed by atoms with E-state index in [-0.39, 0.29) is 0 Å². The van der Waals surface area contributed by atoms with Crippen molar-refractivity contribution >= 4 is 42.5 Å². The van der Waals surface area contributed by atoms with Crippen molar-refractivity contribution in [2.75, 3.05) is 0 Å². The van der Waals surface area contributed by atoms with E-state index in [1.54, 1.807) is 0 Å². The fraction of sp³-hybridized carbons (Fsp3) is 1.00. The van der Waals surface area contributed by atoms with Crippen LogP contribution in [0.3, 0.4) is 0 Å². The van der Waals surface area contributed by atoms with Crippen LogP contribution in [0, 0.1) is 0 Å². The minimum atomic E-state index is -0.927. The normalized spacial score (nSPS) is 14.4. The van der Waals surface area contributed by atoms with Crippen LogP contribution >= 0.6 is 0 Å². The van der Waals surface area contributed by atoms with Gasteiger partial charge in [-0.2, -0.15) is 0 Å². The molecular formula is C6H19NPbSi2. The molecular weight excluding hydrogens is 349 g/mol. The zero-order valence-electron chi connectivity index (χ0n) is 8.02. The zero-order valence-corrected chi connectivity index (χ0v) is 14.5. The molecule has 0 atom stereocenters. The van der Waals surface area contributed by atoms with Crippen LogP contribution in [0.15, 0.2) is 0 Å². The summed E-state index contributed by atoms with van der Waals surface area (Å²) in [7, 11) is -1.85. The predicted octanol–water partition coefficient (Wildman–Crippen LogP) is 1.77. The molecule has 60 valence electrons. The fourth-order valence-corrected chi connectivity index (χ4v) is 9.06. The second-order valence-corrected chi connectivity index (χ2v) is 20.8. The molecule has 0 heterocycles. The summed E-state index contributed by atoms with van der Waals surface area (Å²) < 4.78 is 2.82. The van der Waals surface area contributed by atoms with Crippen molar-refractivity contribution in [2.24, 2.45) is 0 Å². The van der Waals surface area contributed by atoms with E-state index in [2.05, 4.69) is 41.3 Å². The van der Waals surface area contributed by atoms with Crippen LogP contribution in [0.1, 0.15) is 0 Å². The van der Waals surface area contributed by atoms with Gasteiger partial charge >= 0.3 is 83.9 Å². The van der Waals surface area contributed by atoms with Gasteiger partial charge in [-0.1, -0.05) is 0 Å². The number of hydrogen-bond donors (Lipinski definition) is 0. The summed E-state index contributed by atoms with van der Waals surface area (Å²) in [6.45, 7) is 14.7. The molecule has 2 radical (unpaired) electrons. The Bertz CT molecular complexity index is 99.9. The molecule has 0 aliphatic rings. The van der Waals surface area contributed by atoms with Crippen LogP contribution in [0.2, 0.25) is 39.3 Å². The van der Waals surface area contributed by atoms with Crippen LogP contribution < -0.4 is 0 Å². The molecule has 0 saturated heterocycles. The van der Waals surface area contributed by atoms with Crippen molar-refractivity contribution in [2.45, 2.75) is 39.3 Å². The van der Waals surface area contributed by atoms with E-state index < -0.39 is 16.5 Å². The Morgan fingerprint density at radius 2 is 1.00 bits per heavy atom. The SMILES string of the molecule is C[Si](C)(C)[N]([PbH])[Si](C)(C)C. The molecule has 0 saturated carbocycles. The van der Waals surface area contributed by atoms with E-state index in [1.165, 1.54) is 0 Å². The second kappa shape index (κ2) is 3.36. The van der Waals surface area contributed by atoms with Crippen molar-refractivity contribution in [3.8, 4) is 0 Å². The van der Waals surface area contributed by atoms with Gasteiger partial charge in [0.05, 0.1) is 0 Å². The quantitative estimate of drug-likeness (QED) is 0.672. The third-order valence-electron chi connectivity index (χ3n) is 1.45. The summed E-state index contributed by atoms with van der Waals surface area (Å²) in [5, 5.41) is 0. The molecule has 0 spiro atoms. The first-order chi connectivity index (χ1) is 4.15. The van der Waals surface area contributed by atoms with Crippen molar-refractivity contribution < 1.29 is 0 Å². The molecule has 0 N–H and O–H groups in total. The molecule has 0 aromatic carbocycles. The first kappa shape index (κ1) is 11.3. The Morgan fingerprint density at radius 1 is 0.800 bits per heavy atom. The molecule has 0 amide bonds. The van der Waals surface area contributed by atoms with Gasteiger partial charge in [-0.25, -0.2) is 0 Å². The standard InChI is InChI=1S/C6H18NSi2.Pb.H/c1-8(2,3)7-9(4,5)6;;/h1-6H3;;/q-1;+1;. The van der Waals surface area contributed by atoms with E-state index in [1.807, 2.05) is 0 Å². The predicted molar refractivity (Wildman–Crippen MR) is 55.7 cm³/mol. The van der Waals surface area contributed by atoms with Gasteiger partial charge in [0, 0.05) is 0 Å². The third-order valence-corrected chi connectivity index (χ3v) is 26.4. The summed E-state index contributed by atoms with van der Waals surface area (Å²) in [5.74, 6) is 0. The molecule has 0 unspecified atom stereocenters. The first-order valence-electron chi connectivity index (χ1n) is 3.71. The Kier molecular flexibility index (Phi) is 3.81. The van der Waals surface area contributed by atoms with Gasteiger partial charge < -0.3 is 0 Å². The van der Waals surface area contributed by atoms with Crippen molar-refractivity contribution in [3.63, 3.8) is 0 Å². The fourth-order valence-electron chi connectivity index (χ4n) is 1.01. The minimum absolute atomic E-state index is 0.927. The van der Waals surface area contributed by atoms with Crippen molar-refractivity contribution in [1.29, 1.82) is 0 Å². The summed E-state index contributed by atoms with van der Waals surface area (Å²) in [5.41, 5.74) is 0. The zero-order chi connectivity index (χ0) is 8.58. The summed E-state index contributed by atoms with van der Waals surface area (Å²) in [4.78, 5) is 0. The number of rotatable bonds is 2. The molecule has 0 aliphatic carbocycles. The topological polar surface area (TPSA) is 3.24 Å².